The van der Waals surface area contributed by atoms with Crippen molar-refractivity contribution in [1.82, 2.24) is 5.32 Å². The van der Waals surface area contributed by atoms with E-state index in [9.17, 15) is 9.59 Å². The maximum absolute atomic E-state index is 12.8. The van der Waals surface area contributed by atoms with Gasteiger partial charge in [-0.15, -0.1) is 0 Å². The van der Waals surface area contributed by atoms with Gasteiger partial charge in [0.15, 0.2) is 0 Å². The van der Waals surface area contributed by atoms with E-state index in [-0.39, 0.29) is 17.8 Å². The highest BCUT2D eigenvalue weighted by molar-refractivity contribution is 5.86. The quantitative estimate of drug-likeness (QED) is 0.725. The standard InChI is InChI=1S/C19H35NO3/c1-7-17(19(22)23-11-12(2)3)20-18(21)16-10-14(6)8-9-15(16)13(4)5/h12-17H,7-11H2,1-6H3,(H,20,21)/t14-,15+,16-,17?/m1/s1. The van der Waals surface area contributed by atoms with Gasteiger partial charge in [-0.2, -0.15) is 0 Å². The highest BCUT2D eigenvalue weighted by Crippen LogP contribution is 2.38. The maximum Gasteiger partial charge on any atom is 0.328 e. The van der Waals surface area contributed by atoms with Crippen LogP contribution in [0.15, 0.2) is 0 Å². The number of ether oxygens (including phenoxy) is 1. The van der Waals surface area contributed by atoms with Gasteiger partial charge in [-0.05, 0) is 42.9 Å². The average molecular weight is 325 g/mol. The van der Waals surface area contributed by atoms with Crippen LogP contribution >= 0.6 is 0 Å². The van der Waals surface area contributed by atoms with Crippen molar-refractivity contribution in [2.75, 3.05) is 6.61 Å². The van der Waals surface area contributed by atoms with Crippen LogP contribution in [0.4, 0.5) is 0 Å². The Labute approximate surface area is 141 Å². The summed E-state index contributed by atoms with van der Waals surface area (Å²) >= 11 is 0. The molecule has 0 aromatic heterocycles. The summed E-state index contributed by atoms with van der Waals surface area (Å²) in [7, 11) is 0. The van der Waals surface area contributed by atoms with E-state index in [1.807, 2.05) is 20.8 Å². The molecule has 4 heteroatoms. The van der Waals surface area contributed by atoms with Crippen LogP contribution in [0, 0.1) is 29.6 Å². The van der Waals surface area contributed by atoms with E-state index in [2.05, 4.69) is 26.1 Å². The number of carbonyl (C=O) groups is 2. The van der Waals surface area contributed by atoms with E-state index in [0.717, 1.165) is 12.8 Å². The van der Waals surface area contributed by atoms with E-state index in [0.29, 0.717) is 36.7 Å². The van der Waals surface area contributed by atoms with Crippen LogP contribution in [0.3, 0.4) is 0 Å². The molecule has 1 N–H and O–H groups in total. The molecule has 1 aliphatic rings. The molecule has 0 radical (unpaired) electrons. The molecule has 1 rings (SSSR count). The molecule has 23 heavy (non-hydrogen) atoms. The fourth-order valence-corrected chi connectivity index (χ4v) is 3.46. The van der Waals surface area contributed by atoms with Gasteiger partial charge < -0.3 is 10.1 Å². The van der Waals surface area contributed by atoms with Crippen LogP contribution in [-0.2, 0) is 14.3 Å². The number of carbonyl (C=O) groups excluding carboxylic acids is 2. The summed E-state index contributed by atoms with van der Waals surface area (Å²) in [4.78, 5) is 24.9. The predicted octanol–water partition coefficient (Wildman–Crippen LogP) is 3.79. The number of amides is 1. The first-order valence-corrected chi connectivity index (χ1v) is 9.23. The van der Waals surface area contributed by atoms with E-state index in [4.69, 9.17) is 4.74 Å². The topological polar surface area (TPSA) is 55.4 Å². The zero-order valence-electron chi connectivity index (χ0n) is 15.7. The van der Waals surface area contributed by atoms with Gasteiger partial charge in [-0.3, -0.25) is 4.79 Å². The molecule has 0 bridgehead atoms. The normalized spacial score (nSPS) is 26.2. The van der Waals surface area contributed by atoms with Gasteiger partial charge in [0.2, 0.25) is 5.91 Å². The molecule has 1 amide bonds. The van der Waals surface area contributed by atoms with Crippen LogP contribution in [-0.4, -0.2) is 24.5 Å². The lowest BCUT2D eigenvalue weighted by molar-refractivity contribution is -0.150. The van der Waals surface area contributed by atoms with Gasteiger partial charge in [0.05, 0.1) is 6.61 Å². The Hall–Kier alpha value is -1.06. The second-order valence-electron chi connectivity index (χ2n) is 7.93. The molecule has 0 heterocycles. The fourth-order valence-electron chi connectivity index (χ4n) is 3.46. The van der Waals surface area contributed by atoms with Crippen molar-refractivity contribution in [2.24, 2.45) is 29.6 Å². The predicted molar refractivity (Wildman–Crippen MR) is 92.9 cm³/mol. The Morgan fingerprint density at radius 3 is 2.35 bits per heavy atom. The Bertz CT molecular complexity index is 392. The highest BCUT2D eigenvalue weighted by atomic mass is 16.5. The first kappa shape index (κ1) is 20.0. The molecule has 1 unspecified atom stereocenters. The Morgan fingerprint density at radius 1 is 1.17 bits per heavy atom. The van der Waals surface area contributed by atoms with Crippen molar-refractivity contribution in [1.29, 1.82) is 0 Å². The molecular formula is C19H35NO3. The fraction of sp³-hybridized carbons (Fsp3) is 0.895. The Morgan fingerprint density at radius 2 is 1.83 bits per heavy atom. The molecule has 0 spiro atoms. The summed E-state index contributed by atoms with van der Waals surface area (Å²) in [6.07, 6.45) is 3.79. The average Bonchev–Trinajstić information content (AvgIpc) is 2.49. The summed E-state index contributed by atoms with van der Waals surface area (Å²) in [5, 5.41) is 2.95. The summed E-state index contributed by atoms with van der Waals surface area (Å²) in [6, 6.07) is -0.522. The van der Waals surface area contributed by atoms with Crippen molar-refractivity contribution < 1.29 is 14.3 Å². The van der Waals surface area contributed by atoms with Crippen molar-refractivity contribution in [2.45, 2.75) is 73.3 Å². The minimum Gasteiger partial charge on any atom is -0.464 e. The molecule has 4 nitrogen and oxygen atoms in total. The van der Waals surface area contributed by atoms with Crippen LogP contribution in [0.5, 0.6) is 0 Å². The second-order valence-corrected chi connectivity index (χ2v) is 7.93. The number of rotatable bonds is 7. The van der Waals surface area contributed by atoms with Gasteiger partial charge >= 0.3 is 5.97 Å². The first-order valence-electron chi connectivity index (χ1n) is 9.23. The zero-order valence-corrected chi connectivity index (χ0v) is 15.7. The van der Waals surface area contributed by atoms with Crippen molar-refractivity contribution in [3.8, 4) is 0 Å². The lowest BCUT2D eigenvalue weighted by Gasteiger charge is -2.37. The number of hydrogen-bond donors (Lipinski definition) is 1. The van der Waals surface area contributed by atoms with Crippen LogP contribution in [0.2, 0.25) is 0 Å². The number of esters is 1. The number of nitrogens with one attached hydrogen (secondary N) is 1. The molecule has 0 saturated heterocycles. The second kappa shape index (κ2) is 9.29. The van der Waals surface area contributed by atoms with Crippen LogP contribution in [0.25, 0.3) is 0 Å². The van der Waals surface area contributed by atoms with E-state index in [1.54, 1.807) is 0 Å². The molecule has 0 aromatic carbocycles. The van der Waals surface area contributed by atoms with Gasteiger partial charge in [0, 0.05) is 5.92 Å². The Kier molecular flexibility index (Phi) is 8.07. The largest absolute Gasteiger partial charge is 0.464 e. The van der Waals surface area contributed by atoms with E-state index in [1.165, 1.54) is 6.42 Å². The molecule has 4 atom stereocenters. The zero-order chi connectivity index (χ0) is 17.6. The third kappa shape index (κ3) is 6.15. The maximum atomic E-state index is 12.8. The number of hydrogen-bond acceptors (Lipinski definition) is 3. The summed E-state index contributed by atoms with van der Waals surface area (Å²) < 4.78 is 5.29. The highest BCUT2D eigenvalue weighted by Gasteiger charge is 2.36. The van der Waals surface area contributed by atoms with E-state index < -0.39 is 6.04 Å². The summed E-state index contributed by atoms with van der Waals surface area (Å²) in [5.74, 6) is 1.53. The SMILES string of the molecule is CCC(NC(=O)[C@@H]1C[C@H](C)CC[C@H]1C(C)C)C(=O)OCC(C)C. The molecule has 1 saturated carbocycles. The monoisotopic (exact) mass is 325 g/mol. The minimum atomic E-state index is -0.522. The Balaban J connectivity index is 2.67. The lowest BCUT2D eigenvalue weighted by atomic mass is 9.69. The molecule has 0 aliphatic heterocycles. The van der Waals surface area contributed by atoms with Crippen LogP contribution in [0.1, 0.15) is 67.2 Å². The first-order chi connectivity index (χ1) is 10.8. The summed E-state index contributed by atoms with van der Waals surface area (Å²) in [6.45, 7) is 12.9. The van der Waals surface area contributed by atoms with Crippen LogP contribution < -0.4 is 5.32 Å². The van der Waals surface area contributed by atoms with Crippen molar-refractivity contribution in [3.05, 3.63) is 0 Å². The summed E-state index contributed by atoms with van der Waals surface area (Å²) in [5.41, 5.74) is 0. The van der Waals surface area contributed by atoms with Gasteiger partial charge in [-0.1, -0.05) is 48.0 Å². The smallest absolute Gasteiger partial charge is 0.328 e. The van der Waals surface area contributed by atoms with Gasteiger partial charge in [0.25, 0.3) is 0 Å². The third-order valence-corrected chi connectivity index (χ3v) is 4.93. The lowest BCUT2D eigenvalue weighted by Crippen LogP contribution is -2.47. The molecule has 1 aliphatic carbocycles. The molecule has 0 aromatic rings. The third-order valence-electron chi connectivity index (χ3n) is 4.93. The molecule has 134 valence electrons. The van der Waals surface area contributed by atoms with E-state index >= 15 is 0 Å². The molecule has 1 fully saturated rings. The van der Waals surface area contributed by atoms with Crippen molar-refractivity contribution in [3.63, 3.8) is 0 Å². The minimum absolute atomic E-state index is 0.0192. The molecular weight excluding hydrogens is 290 g/mol. The van der Waals surface area contributed by atoms with Crippen molar-refractivity contribution >= 4 is 11.9 Å². The van der Waals surface area contributed by atoms with Gasteiger partial charge in [0.1, 0.15) is 6.04 Å². The van der Waals surface area contributed by atoms with Gasteiger partial charge in [-0.25, -0.2) is 4.79 Å².